The van der Waals surface area contributed by atoms with E-state index in [1.54, 1.807) is 0 Å². The Morgan fingerprint density at radius 2 is 1.04 bits per heavy atom. The molecule has 0 aliphatic carbocycles. The Labute approximate surface area is 300 Å². The minimum atomic E-state index is -3.12. The Kier molecular flexibility index (Phi) is 4.82. The van der Waals surface area contributed by atoms with E-state index >= 15 is 0 Å². The fraction of sp³-hybridized carbons (Fsp3) is 0. The second-order valence-corrected chi connectivity index (χ2v) is 15.5. The summed E-state index contributed by atoms with van der Waals surface area (Å²) >= 11 is 0. The van der Waals surface area contributed by atoms with E-state index in [2.05, 4.69) is 36.4 Å². The molecule has 0 radical (unpaired) electrons. The van der Waals surface area contributed by atoms with Gasteiger partial charge in [-0.05, 0) is 34.6 Å². The normalized spacial score (nSPS) is 15.2. The van der Waals surface area contributed by atoms with Crippen LogP contribution < -0.4 is 21.0 Å². The Hall–Kier alpha value is -6.57. The number of pyridine rings is 2. The van der Waals surface area contributed by atoms with E-state index in [-0.39, 0.29) is 39.4 Å². The number of rotatable bonds is 5. The van der Waals surface area contributed by atoms with Crippen LogP contribution >= 0.6 is 0 Å². The van der Waals surface area contributed by atoms with Crippen LogP contribution in [0.2, 0.25) is 0 Å². The summed E-state index contributed by atoms with van der Waals surface area (Å²) in [4.78, 5) is 24.9. The molecule has 0 saturated heterocycles. The van der Waals surface area contributed by atoms with Crippen molar-refractivity contribution in [2.75, 3.05) is 0 Å². The van der Waals surface area contributed by atoms with E-state index in [0.717, 1.165) is 32.1 Å². The van der Waals surface area contributed by atoms with Gasteiger partial charge in [0, 0.05) is 56.1 Å². The third-order valence-electron chi connectivity index (χ3n) is 9.26. The number of nitrogens with zero attached hydrogens (tertiary/aromatic N) is 6. The molecule has 0 unspecified atom stereocenters. The first-order valence-corrected chi connectivity index (χ1v) is 18.0. The highest BCUT2D eigenvalue weighted by molar-refractivity contribution is 7.21. The maximum atomic E-state index is 9.07. The first kappa shape index (κ1) is 21.4. The van der Waals surface area contributed by atoms with Crippen LogP contribution in [0.1, 0.15) is 11.0 Å². The number of fused-ring (bicyclic) bond motifs is 6. The molecule has 0 N–H and O–H groups in total. The maximum absolute atomic E-state index is 9.07. The SMILES string of the molecule is [2H]c1c([2H])c([2H])c2c(c1[2H])c1c([2H])c([2H])c([2H])c([2H])c1n2-c1nc(-c2ccccc2)nc(-c2cccc([Si]3(c4ccccc4)c4ncccc4-c4cccnc43)c2)n1. The van der Waals surface area contributed by atoms with Crippen molar-refractivity contribution in [3.8, 4) is 39.9 Å². The minimum Gasteiger partial charge on any atom is -0.278 e. The molecule has 4 aromatic heterocycles. The number of hydrogen-bond acceptors (Lipinski definition) is 5. The van der Waals surface area contributed by atoms with Crippen LogP contribution in [0.4, 0.5) is 0 Å². The molecule has 0 spiro atoms. The van der Waals surface area contributed by atoms with Crippen molar-refractivity contribution in [1.82, 2.24) is 29.5 Å². The summed E-state index contributed by atoms with van der Waals surface area (Å²) in [6.07, 6.45) is 3.64. The van der Waals surface area contributed by atoms with Gasteiger partial charge in [0.2, 0.25) is 14.0 Å². The van der Waals surface area contributed by atoms with Crippen LogP contribution in [0, 0.1) is 0 Å². The molecule has 1 aliphatic rings. The fourth-order valence-corrected chi connectivity index (χ4v) is 12.0. The first-order chi connectivity index (χ1) is 28.1. The summed E-state index contributed by atoms with van der Waals surface area (Å²) in [6, 6.07) is 31.7. The lowest BCUT2D eigenvalue weighted by Crippen LogP contribution is -2.74. The van der Waals surface area contributed by atoms with Gasteiger partial charge in [-0.2, -0.15) is 9.97 Å². The molecule has 0 fully saturated rings. The van der Waals surface area contributed by atoms with Gasteiger partial charge in [0.1, 0.15) is 0 Å². The van der Waals surface area contributed by atoms with E-state index < -0.39 is 56.4 Å². The summed E-state index contributed by atoms with van der Waals surface area (Å²) in [5, 5.41) is 3.88. The lowest BCUT2D eigenvalue weighted by Gasteiger charge is -2.29. The molecular weight excluding hydrogens is 629 g/mol. The van der Waals surface area contributed by atoms with Gasteiger partial charge in [-0.1, -0.05) is 133 Å². The highest BCUT2D eigenvalue weighted by Gasteiger charge is 2.51. The zero-order chi connectivity index (χ0) is 40.0. The smallest absolute Gasteiger partial charge is 0.238 e. The quantitative estimate of drug-likeness (QED) is 0.198. The van der Waals surface area contributed by atoms with Crippen molar-refractivity contribution in [3.63, 3.8) is 0 Å². The van der Waals surface area contributed by atoms with E-state index in [1.807, 2.05) is 85.2 Å². The summed E-state index contributed by atoms with van der Waals surface area (Å²) in [5.74, 6) is 0.400. The van der Waals surface area contributed by atoms with E-state index in [4.69, 9.17) is 35.9 Å². The number of aromatic nitrogens is 6. The number of hydrogen-bond donors (Lipinski definition) is 0. The molecule has 7 heteroatoms. The Balaban J connectivity index is 1.30. The zero-order valence-corrected chi connectivity index (χ0v) is 27.2. The summed E-state index contributed by atoms with van der Waals surface area (Å²) in [5.41, 5.74) is 3.15. The molecule has 234 valence electrons. The van der Waals surface area contributed by atoms with Gasteiger partial charge < -0.3 is 0 Å². The summed E-state index contributed by atoms with van der Waals surface area (Å²) < 4.78 is 71.5. The van der Waals surface area contributed by atoms with Gasteiger partial charge in [-0.25, -0.2) is 4.98 Å². The van der Waals surface area contributed by atoms with Crippen LogP contribution in [0.5, 0.6) is 0 Å². The van der Waals surface area contributed by atoms with Crippen LogP contribution in [0.25, 0.3) is 61.7 Å². The zero-order valence-electron chi connectivity index (χ0n) is 34.2. The molecule has 10 rings (SSSR count). The predicted octanol–water partition coefficient (Wildman–Crippen LogP) is 6.45. The molecule has 5 aromatic carbocycles. The average Bonchev–Trinajstić information content (AvgIpc) is 3.79. The average molecular weight is 665 g/mol. The van der Waals surface area contributed by atoms with Gasteiger partial charge >= 0.3 is 0 Å². The first-order valence-electron chi connectivity index (χ1n) is 20.0. The second kappa shape index (κ2) is 11.3. The molecule has 0 atom stereocenters. The molecule has 5 heterocycles. The van der Waals surface area contributed by atoms with Crippen molar-refractivity contribution in [2.45, 2.75) is 0 Å². The van der Waals surface area contributed by atoms with Crippen LogP contribution in [-0.4, -0.2) is 37.6 Å². The van der Waals surface area contributed by atoms with Gasteiger partial charge in [0.25, 0.3) is 0 Å². The predicted molar refractivity (Wildman–Crippen MR) is 203 cm³/mol. The number of benzene rings is 5. The third kappa shape index (κ3) is 4.17. The Morgan fingerprint density at radius 1 is 0.500 bits per heavy atom. The van der Waals surface area contributed by atoms with Crippen molar-refractivity contribution < 1.29 is 11.0 Å². The van der Waals surface area contributed by atoms with Crippen LogP contribution in [0.15, 0.2) is 170 Å². The molecule has 1 aliphatic heterocycles. The van der Waals surface area contributed by atoms with Crippen molar-refractivity contribution in [1.29, 1.82) is 0 Å². The summed E-state index contributed by atoms with van der Waals surface area (Å²) in [7, 11) is -3.12. The van der Waals surface area contributed by atoms with Gasteiger partial charge in [0.15, 0.2) is 11.6 Å². The standard InChI is InChI=1S/C43H28N6Si/c1-3-14-29(15-4-1)39-46-40(48-43(47-39)49-37-24-9-7-20-33(37)34-21-8-10-25-38(34)49)30-16-11-19-32(28-30)50(31-17-5-2-6-18-31)41-35(22-12-26-44-41)36-23-13-27-45-42(36)50/h1-28H/i7D,8D,9D,10D,20D,21D,24D,25D. The molecule has 0 saturated carbocycles. The molecular formula is C43H28N6Si. The van der Waals surface area contributed by atoms with Crippen LogP contribution in [-0.2, 0) is 0 Å². The third-order valence-corrected chi connectivity index (χ3v) is 13.9. The second-order valence-electron chi connectivity index (χ2n) is 11.9. The highest BCUT2D eigenvalue weighted by Crippen LogP contribution is 2.32. The van der Waals surface area contributed by atoms with Gasteiger partial charge in [-0.15, -0.1) is 0 Å². The Bertz CT molecular complexity index is 3060. The van der Waals surface area contributed by atoms with Crippen molar-refractivity contribution in [2.24, 2.45) is 0 Å². The van der Waals surface area contributed by atoms with E-state index in [1.165, 1.54) is 4.57 Å². The van der Waals surface area contributed by atoms with E-state index in [0.29, 0.717) is 11.1 Å². The highest BCUT2D eigenvalue weighted by atomic mass is 28.3. The van der Waals surface area contributed by atoms with Crippen molar-refractivity contribution >= 4 is 50.9 Å². The van der Waals surface area contributed by atoms with Crippen LogP contribution in [0.3, 0.4) is 0 Å². The molecule has 9 aromatic rings. The summed E-state index contributed by atoms with van der Waals surface area (Å²) in [6.45, 7) is 0. The minimum absolute atomic E-state index is 0.0624. The lowest BCUT2D eigenvalue weighted by atomic mass is 10.1. The largest absolute Gasteiger partial charge is 0.278 e. The molecule has 0 amide bonds. The Morgan fingerprint density at radius 3 is 1.68 bits per heavy atom. The number of para-hydroxylation sites is 2. The van der Waals surface area contributed by atoms with Crippen molar-refractivity contribution in [3.05, 3.63) is 170 Å². The lowest BCUT2D eigenvalue weighted by molar-refractivity contribution is 0.953. The van der Waals surface area contributed by atoms with Gasteiger partial charge in [0.05, 0.1) is 22.0 Å². The monoisotopic (exact) mass is 664 g/mol. The maximum Gasteiger partial charge on any atom is 0.238 e. The fourth-order valence-electron chi connectivity index (χ4n) is 7.18. The molecule has 50 heavy (non-hydrogen) atoms. The molecule has 6 nitrogen and oxygen atoms in total. The topological polar surface area (TPSA) is 69.4 Å². The molecule has 0 bridgehead atoms. The van der Waals surface area contributed by atoms with Gasteiger partial charge in [-0.3, -0.25) is 14.5 Å². The van der Waals surface area contributed by atoms with E-state index in [9.17, 15) is 0 Å².